The van der Waals surface area contributed by atoms with E-state index in [1.807, 2.05) is 35.2 Å². The van der Waals surface area contributed by atoms with E-state index in [0.29, 0.717) is 37.9 Å². The van der Waals surface area contributed by atoms with Crippen molar-refractivity contribution < 1.29 is 18.7 Å². The second-order valence-electron chi connectivity index (χ2n) is 7.17. The molecule has 2 aliphatic heterocycles. The molecule has 6 nitrogen and oxygen atoms in total. The Morgan fingerprint density at radius 1 is 1.11 bits per heavy atom. The maximum atomic E-state index is 12.5. The second-order valence-corrected chi connectivity index (χ2v) is 7.17. The summed E-state index contributed by atoms with van der Waals surface area (Å²) in [5, 5.41) is 0. The van der Waals surface area contributed by atoms with Crippen LogP contribution in [-0.4, -0.2) is 48.4 Å². The van der Waals surface area contributed by atoms with Gasteiger partial charge in [0.05, 0.1) is 19.4 Å². The zero-order chi connectivity index (χ0) is 18.5. The van der Waals surface area contributed by atoms with Crippen LogP contribution in [-0.2, 0) is 20.7 Å². The molecule has 0 unspecified atom stereocenters. The minimum atomic E-state index is -0.0638. The van der Waals surface area contributed by atoms with E-state index in [-0.39, 0.29) is 12.2 Å². The van der Waals surface area contributed by atoms with Crippen LogP contribution in [0.2, 0.25) is 0 Å². The summed E-state index contributed by atoms with van der Waals surface area (Å²) in [5.41, 5.74) is 1.02. The summed E-state index contributed by atoms with van der Waals surface area (Å²) < 4.78 is 17.0. The zero-order valence-corrected chi connectivity index (χ0v) is 15.5. The molecular formula is C21H26N2O4. The highest BCUT2D eigenvalue weighted by atomic mass is 16.7. The molecule has 2 aromatic rings. The van der Waals surface area contributed by atoms with Crippen molar-refractivity contribution in [1.82, 2.24) is 9.88 Å². The normalized spacial score (nSPS) is 18.9. The Morgan fingerprint density at radius 2 is 1.85 bits per heavy atom. The lowest BCUT2D eigenvalue weighted by atomic mass is 9.96. The number of aryl methyl sites for hydroxylation is 1. The quantitative estimate of drug-likeness (QED) is 0.781. The summed E-state index contributed by atoms with van der Waals surface area (Å²) in [4.78, 5) is 18.8. The van der Waals surface area contributed by atoms with Gasteiger partial charge in [0.15, 0.2) is 17.9 Å². The van der Waals surface area contributed by atoms with Crippen LogP contribution in [0, 0.1) is 5.92 Å². The third kappa shape index (κ3) is 4.57. The molecule has 2 saturated heterocycles. The van der Waals surface area contributed by atoms with Crippen molar-refractivity contribution in [3.63, 3.8) is 0 Å². The van der Waals surface area contributed by atoms with E-state index in [2.05, 4.69) is 4.98 Å². The van der Waals surface area contributed by atoms with Crippen LogP contribution < -0.4 is 0 Å². The van der Waals surface area contributed by atoms with Gasteiger partial charge in [0, 0.05) is 37.4 Å². The SMILES string of the molecule is O=C(CCCc1ncc(-c2ccccc2)o1)N1CCC(C2OCCO2)CC1. The fourth-order valence-corrected chi connectivity index (χ4v) is 3.78. The summed E-state index contributed by atoms with van der Waals surface area (Å²) in [6.07, 6.45) is 5.56. The van der Waals surface area contributed by atoms with Gasteiger partial charge in [0.25, 0.3) is 0 Å². The molecule has 0 radical (unpaired) electrons. The van der Waals surface area contributed by atoms with Gasteiger partial charge >= 0.3 is 0 Å². The number of nitrogens with zero attached hydrogens (tertiary/aromatic N) is 2. The van der Waals surface area contributed by atoms with Gasteiger partial charge in [-0.15, -0.1) is 0 Å². The van der Waals surface area contributed by atoms with E-state index in [9.17, 15) is 4.79 Å². The van der Waals surface area contributed by atoms with E-state index < -0.39 is 0 Å². The topological polar surface area (TPSA) is 64.8 Å². The standard InChI is InChI=1S/C21H26N2O4/c24-20(23-11-9-17(10-12-23)21-25-13-14-26-21)8-4-7-19-22-15-18(27-19)16-5-2-1-3-6-16/h1-3,5-6,15,17,21H,4,7-14H2. The molecule has 144 valence electrons. The second kappa shape index (κ2) is 8.67. The fraction of sp³-hybridized carbons (Fsp3) is 0.524. The van der Waals surface area contributed by atoms with Gasteiger partial charge in [0.1, 0.15) is 0 Å². The van der Waals surface area contributed by atoms with Gasteiger partial charge in [0.2, 0.25) is 5.91 Å². The van der Waals surface area contributed by atoms with Crippen LogP contribution in [0.25, 0.3) is 11.3 Å². The minimum Gasteiger partial charge on any atom is -0.441 e. The molecule has 0 spiro atoms. The van der Waals surface area contributed by atoms with Gasteiger partial charge in [-0.05, 0) is 19.3 Å². The fourth-order valence-electron chi connectivity index (χ4n) is 3.78. The van der Waals surface area contributed by atoms with Crippen molar-refractivity contribution in [3.8, 4) is 11.3 Å². The Balaban J connectivity index is 1.19. The van der Waals surface area contributed by atoms with Crippen molar-refractivity contribution in [2.75, 3.05) is 26.3 Å². The van der Waals surface area contributed by atoms with Crippen molar-refractivity contribution >= 4 is 5.91 Å². The highest BCUT2D eigenvalue weighted by Crippen LogP contribution is 2.26. The van der Waals surface area contributed by atoms with E-state index in [0.717, 1.165) is 43.7 Å². The molecule has 6 heteroatoms. The van der Waals surface area contributed by atoms with Crippen LogP contribution in [0.5, 0.6) is 0 Å². The van der Waals surface area contributed by atoms with Crippen LogP contribution >= 0.6 is 0 Å². The first-order chi connectivity index (χ1) is 13.3. The van der Waals surface area contributed by atoms with Gasteiger partial charge in [-0.3, -0.25) is 4.79 Å². The van der Waals surface area contributed by atoms with Crippen molar-refractivity contribution in [1.29, 1.82) is 0 Å². The zero-order valence-electron chi connectivity index (χ0n) is 15.5. The lowest BCUT2D eigenvalue weighted by Gasteiger charge is -2.33. The van der Waals surface area contributed by atoms with E-state index in [4.69, 9.17) is 13.9 Å². The molecule has 4 rings (SSSR count). The largest absolute Gasteiger partial charge is 0.441 e. The first-order valence-electron chi connectivity index (χ1n) is 9.81. The molecule has 1 aromatic heterocycles. The van der Waals surface area contributed by atoms with Crippen molar-refractivity contribution in [2.24, 2.45) is 5.92 Å². The third-order valence-corrected chi connectivity index (χ3v) is 5.32. The number of ether oxygens (including phenoxy) is 2. The lowest BCUT2D eigenvalue weighted by Crippen LogP contribution is -2.41. The smallest absolute Gasteiger partial charge is 0.222 e. The molecule has 2 fully saturated rings. The maximum absolute atomic E-state index is 12.5. The Labute approximate surface area is 159 Å². The number of rotatable bonds is 6. The number of hydrogen-bond acceptors (Lipinski definition) is 5. The Bertz CT molecular complexity index is 732. The van der Waals surface area contributed by atoms with Crippen molar-refractivity contribution in [3.05, 3.63) is 42.4 Å². The minimum absolute atomic E-state index is 0.0638. The summed E-state index contributed by atoms with van der Waals surface area (Å²) >= 11 is 0. The van der Waals surface area contributed by atoms with Crippen LogP contribution in [0.1, 0.15) is 31.6 Å². The number of carbonyl (C=O) groups is 1. The number of likely N-dealkylation sites (tertiary alicyclic amines) is 1. The Kier molecular flexibility index (Phi) is 5.84. The van der Waals surface area contributed by atoms with E-state index >= 15 is 0 Å². The number of piperidine rings is 1. The number of hydrogen-bond donors (Lipinski definition) is 0. The predicted molar refractivity (Wildman–Crippen MR) is 99.9 cm³/mol. The maximum Gasteiger partial charge on any atom is 0.222 e. The summed E-state index contributed by atoms with van der Waals surface area (Å²) in [7, 11) is 0. The number of oxazole rings is 1. The first-order valence-corrected chi connectivity index (χ1v) is 9.81. The van der Waals surface area contributed by atoms with Gasteiger partial charge in [-0.2, -0.15) is 0 Å². The molecule has 27 heavy (non-hydrogen) atoms. The lowest BCUT2D eigenvalue weighted by molar-refractivity contribution is -0.136. The van der Waals surface area contributed by atoms with Crippen LogP contribution in [0.4, 0.5) is 0 Å². The third-order valence-electron chi connectivity index (χ3n) is 5.32. The predicted octanol–water partition coefficient (Wildman–Crippen LogP) is 3.28. The first kappa shape index (κ1) is 18.2. The van der Waals surface area contributed by atoms with Gasteiger partial charge in [-0.1, -0.05) is 30.3 Å². The molecule has 0 atom stereocenters. The highest BCUT2D eigenvalue weighted by molar-refractivity contribution is 5.76. The number of benzene rings is 1. The molecule has 3 heterocycles. The average Bonchev–Trinajstić information content (AvgIpc) is 3.41. The Hall–Kier alpha value is -2.18. The van der Waals surface area contributed by atoms with Gasteiger partial charge < -0.3 is 18.8 Å². The van der Waals surface area contributed by atoms with E-state index in [1.54, 1.807) is 6.20 Å². The molecule has 2 aliphatic rings. The van der Waals surface area contributed by atoms with Crippen LogP contribution in [0.3, 0.4) is 0 Å². The highest BCUT2D eigenvalue weighted by Gasteiger charge is 2.31. The average molecular weight is 370 g/mol. The molecule has 0 bridgehead atoms. The monoisotopic (exact) mass is 370 g/mol. The van der Waals surface area contributed by atoms with Crippen LogP contribution in [0.15, 0.2) is 40.9 Å². The van der Waals surface area contributed by atoms with E-state index in [1.165, 1.54) is 0 Å². The summed E-state index contributed by atoms with van der Waals surface area (Å²) in [6.45, 7) is 2.97. The molecule has 0 saturated carbocycles. The molecule has 1 amide bonds. The molecule has 0 N–H and O–H groups in total. The number of aromatic nitrogens is 1. The Morgan fingerprint density at radius 3 is 2.59 bits per heavy atom. The van der Waals surface area contributed by atoms with Crippen molar-refractivity contribution in [2.45, 2.75) is 38.4 Å². The summed E-state index contributed by atoms with van der Waals surface area (Å²) in [5.74, 6) is 2.10. The number of carbonyl (C=O) groups excluding carboxylic acids is 1. The number of amides is 1. The van der Waals surface area contributed by atoms with Gasteiger partial charge in [-0.25, -0.2) is 4.98 Å². The summed E-state index contributed by atoms with van der Waals surface area (Å²) in [6, 6.07) is 9.93. The molecule has 0 aliphatic carbocycles. The molecule has 1 aromatic carbocycles. The molecular weight excluding hydrogens is 344 g/mol.